The second kappa shape index (κ2) is 9.15. The van der Waals surface area contributed by atoms with Crippen LogP contribution < -0.4 is 0 Å². The molecule has 0 saturated heterocycles. The zero-order valence-corrected chi connectivity index (χ0v) is 20.5. The predicted molar refractivity (Wildman–Crippen MR) is 127 cm³/mol. The number of hydrogen-bond acceptors (Lipinski definition) is 3. The van der Waals surface area contributed by atoms with E-state index in [1.807, 2.05) is 6.92 Å². The normalized spacial score (nSPS) is 40.3. The van der Waals surface area contributed by atoms with E-state index in [2.05, 4.69) is 39.5 Å². The first kappa shape index (κ1) is 23.3. The molecule has 7 atom stereocenters. The molecule has 3 heteroatoms. The Bertz CT molecular complexity index is 737. The minimum absolute atomic E-state index is 0.319. The highest BCUT2D eigenvalue weighted by molar-refractivity contribution is 5.38. The first-order chi connectivity index (χ1) is 14.8. The van der Waals surface area contributed by atoms with Gasteiger partial charge < -0.3 is 14.2 Å². The number of rotatable bonds is 8. The minimum atomic E-state index is 0.319. The fraction of sp³-hybridized carbons (Fsp3) is 0.786. The van der Waals surface area contributed by atoms with Gasteiger partial charge in [-0.25, -0.2) is 0 Å². The van der Waals surface area contributed by atoms with Crippen molar-refractivity contribution in [1.82, 2.24) is 0 Å². The van der Waals surface area contributed by atoms with Crippen molar-refractivity contribution in [3.05, 3.63) is 35.5 Å². The maximum absolute atomic E-state index is 5.98. The number of fused-ring (bicyclic) bond motifs is 5. The first-order valence-corrected chi connectivity index (χ1v) is 12.5. The Labute approximate surface area is 190 Å². The summed E-state index contributed by atoms with van der Waals surface area (Å²) < 4.78 is 17.1. The number of methoxy groups -OCH3 is 1. The van der Waals surface area contributed by atoms with Crippen molar-refractivity contribution in [2.45, 2.75) is 78.7 Å². The molecule has 4 rings (SSSR count). The van der Waals surface area contributed by atoms with Crippen LogP contribution in [-0.2, 0) is 14.2 Å². The summed E-state index contributed by atoms with van der Waals surface area (Å²) >= 11 is 0. The fourth-order valence-electron chi connectivity index (χ4n) is 7.79. The lowest BCUT2D eigenvalue weighted by atomic mass is 9.50. The molecule has 3 saturated carbocycles. The summed E-state index contributed by atoms with van der Waals surface area (Å²) in [5.41, 5.74) is 5.26. The molecular weight excluding hydrogens is 384 g/mol. The van der Waals surface area contributed by atoms with E-state index in [-0.39, 0.29) is 0 Å². The maximum atomic E-state index is 5.98. The van der Waals surface area contributed by atoms with Crippen molar-refractivity contribution in [1.29, 1.82) is 0 Å². The largest absolute Gasteiger partial charge is 0.377 e. The lowest BCUT2D eigenvalue weighted by molar-refractivity contribution is -0.0866. The maximum Gasteiger partial charge on any atom is 0.146 e. The summed E-state index contributed by atoms with van der Waals surface area (Å²) in [5.74, 6) is 2.85. The Morgan fingerprint density at radius 2 is 1.94 bits per heavy atom. The third-order valence-corrected chi connectivity index (χ3v) is 9.44. The zero-order chi connectivity index (χ0) is 22.2. The highest BCUT2D eigenvalue weighted by Gasteiger charge is 2.57. The highest BCUT2D eigenvalue weighted by atomic mass is 16.7. The van der Waals surface area contributed by atoms with Crippen molar-refractivity contribution >= 4 is 0 Å². The molecule has 0 aromatic carbocycles. The topological polar surface area (TPSA) is 27.7 Å². The molecule has 4 aliphatic carbocycles. The number of hydrogen-bond donors (Lipinski definition) is 0. The first-order valence-electron chi connectivity index (χ1n) is 12.5. The number of allylic oxidation sites excluding steroid dienone is 3. The van der Waals surface area contributed by atoms with Gasteiger partial charge in [0, 0.05) is 13.7 Å². The average molecular weight is 429 g/mol. The summed E-state index contributed by atoms with van der Waals surface area (Å²) in [6.07, 6.45) is 14.2. The molecule has 0 aromatic rings. The van der Waals surface area contributed by atoms with Crippen molar-refractivity contribution in [3.63, 3.8) is 0 Å². The van der Waals surface area contributed by atoms with Gasteiger partial charge in [-0.15, -0.1) is 0 Å². The van der Waals surface area contributed by atoms with Gasteiger partial charge in [0.1, 0.15) is 6.79 Å². The standard InChI is InChI=1S/C28H44O3/c1-19(2)16-30-17-20(3)24-9-10-25-23-8-7-21-15-22(31-18-29-6)11-13-27(21,4)26(23)12-14-28(24,25)5/h7-8,20,22,24-26H,1,9-18H2,2-6H3/t20?,22?,24?,25-,26?,27-,28+/m0/s1. The fourth-order valence-corrected chi connectivity index (χ4v) is 7.79. The van der Waals surface area contributed by atoms with Crippen LogP contribution in [0.15, 0.2) is 35.5 Å². The number of ether oxygens (including phenoxy) is 3. The third-order valence-electron chi connectivity index (χ3n) is 9.44. The molecule has 0 aromatic heterocycles. The second-order valence-electron chi connectivity index (χ2n) is 11.5. The molecule has 4 aliphatic rings. The molecule has 4 unspecified atom stereocenters. The van der Waals surface area contributed by atoms with Crippen LogP contribution in [0.25, 0.3) is 0 Å². The van der Waals surface area contributed by atoms with Crippen molar-refractivity contribution in [2.24, 2.45) is 34.5 Å². The summed E-state index contributed by atoms with van der Waals surface area (Å²) in [5, 5.41) is 0. The second-order valence-corrected chi connectivity index (χ2v) is 11.5. The van der Waals surface area contributed by atoms with E-state index in [1.165, 1.54) is 32.1 Å². The van der Waals surface area contributed by atoms with Crippen LogP contribution in [-0.4, -0.2) is 33.2 Å². The van der Waals surface area contributed by atoms with Crippen LogP contribution in [0.3, 0.4) is 0 Å². The molecule has 0 N–H and O–H groups in total. The Balaban J connectivity index is 1.49. The van der Waals surface area contributed by atoms with Crippen LogP contribution in [0, 0.1) is 34.5 Å². The summed E-state index contributed by atoms with van der Waals surface area (Å²) in [7, 11) is 1.71. The van der Waals surface area contributed by atoms with Gasteiger partial charge in [-0.1, -0.05) is 56.2 Å². The minimum Gasteiger partial charge on any atom is -0.377 e. The Kier molecular flexibility index (Phi) is 6.87. The van der Waals surface area contributed by atoms with Crippen LogP contribution in [0.1, 0.15) is 72.6 Å². The van der Waals surface area contributed by atoms with E-state index in [0.29, 0.717) is 36.3 Å². The summed E-state index contributed by atoms with van der Waals surface area (Å²) in [4.78, 5) is 0. The van der Waals surface area contributed by atoms with Crippen LogP contribution in [0.5, 0.6) is 0 Å². The van der Waals surface area contributed by atoms with Gasteiger partial charge in [-0.05, 0) is 86.4 Å². The van der Waals surface area contributed by atoms with Gasteiger partial charge in [0.15, 0.2) is 0 Å². The molecule has 0 heterocycles. The lowest BCUT2D eigenvalue weighted by Crippen LogP contribution is -2.47. The van der Waals surface area contributed by atoms with Crippen molar-refractivity contribution in [3.8, 4) is 0 Å². The predicted octanol–water partition coefficient (Wildman–Crippen LogP) is 6.70. The molecule has 0 bridgehead atoms. The molecule has 174 valence electrons. The lowest BCUT2D eigenvalue weighted by Gasteiger charge is -2.55. The molecule has 0 spiro atoms. The van der Waals surface area contributed by atoms with E-state index in [0.717, 1.165) is 42.8 Å². The van der Waals surface area contributed by atoms with Gasteiger partial charge in [0.2, 0.25) is 0 Å². The Morgan fingerprint density at radius 3 is 2.68 bits per heavy atom. The van der Waals surface area contributed by atoms with Crippen LogP contribution >= 0.6 is 0 Å². The van der Waals surface area contributed by atoms with Gasteiger partial charge in [-0.2, -0.15) is 0 Å². The third kappa shape index (κ3) is 4.23. The smallest absolute Gasteiger partial charge is 0.146 e. The molecule has 0 radical (unpaired) electrons. The summed E-state index contributed by atoms with van der Waals surface area (Å²) in [6, 6.07) is 0. The average Bonchev–Trinajstić information content (AvgIpc) is 3.09. The van der Waals surface area contributed by atoms with Crippen LogP contribution in [0.2, 0.25) is 0 Å². The van der Waals surface area contributed by atoms with E-state index in [1.54, 1.807) is 18.3 Å². The monoisotopic (exact) mass is 428 g/mol. The zero-order valence-electron chi connectivity index (χ0n) is 20.5. The molecule has 31 heavy (non-hydrogen) atoms. The SMILES string of the molecule is C=C(C)COCC(C)C1CC[C@H]2C3=CC=C4CC(OCOC)CC[C@]4(C)C3CC[C@]12C. The van der Waals surface area contributed by atoms with Gasteiger partial charge in [0.05, 0.1) is 12.7 Å². The van der Waals surface area contributed by atoms with E-state index < -0.39 is 0 Å². The molecule has 0 amide bonds. The Hall–Kier alpha value is -0.900. The van der Waals surface area contributed by atoms with Gasteiger partial charge >= 0.3 is 0 Å². The highest BCUT2D eigenvalue weighted by Crippen LogP contribution is 2.65. The van der Waals surface area contributed by atoms with Crippen molar-refractivity contribution < 1.29 is 14.2 Å². The van der Waals surface area contributed by atoms with E-state index in [4.69, 9.17) is 14.2 Å². The molecular formula is C28H44O3. The quantitative estimate of drug-likeness (QED) is 0.318. The Morgan fingerprint density at radius 1 is 1.13 bits per heavy atom. The summed E-state index contributed by atoms with van der Waals surface area (Å²) in [6.45, 7) is 15.6. The van der Waals surface area contributed by atoms with Gasteiger partial charge in [0.25, 0.3) is 0 Å². The van der Waals surface area contributed by atoms with E-state index >= 15 is 0 Å². The van der Waals surface area contributed by atoms with E-state index in [9.17, 15) is 0 Å². The molecule has 0 aliphatic heterocycles. The van der Waals surface area contributed by atoms with Crippen molar-refractivity contribution in [2.75, 3.05) is 27.1 Å². The van der Waals surface area contributed by atoms with Gasteiger partial charge in [-0.3, -0.25) is 0 Å². The molecule has 3 fully saturated rings. The van der Waals surface area contributed by atoms with Crippen LogP contribution in [0.4, 0.5) is 0 Å². The molecule has 3 nitrogen and oxygen atoms in total.